The molecule has 3 aromatic carbocycles. The average Bonchev–Trinajstić information content (AvgIpc) is 2.95. The lowest BCUT2D eigenvalue weighted by Crippen LogP contribution is -2.39. The van der Waals surface area contributed by atoms with E-state index in [0.29, 0.717) is 6.04 Å². The molecule has 4 heteroatoms. The number of nitrogens with one attached hydrogen (secondary N) is 2. The fraction of sp³-hybridized carbons (Fsp3) is 0.382. The van der Waals surface area contributed by atoms with Gasteiger partial charge in [-0.3, -0.25) is 4.98 Å². The maximum absolute atomic E-state index is 4.70. The van der Waals surface area contributed by atoms with Gasteiger partial charge in [-0.15, -0.1) is 0 Å². The molecule has 2 heterocycles. The lowest BCUT2D eigenvalue weighted by molar-refractivity contribution is 0.182. The Balaban J connectivity index is 1.05. The van der Waals surface area contributed by atoms with Gasteiger partial charge in [0.05, 0.1) is 5.52 Å². The van der Waals surface area contributed by atoms with E-state index < -0.39 is 0 Å². The molecule has 6 rings (SSSR count). The molecule has 1 aliphatic carbocycles. The van der Waals surface area contributed by atoms with Crippen LogP contribution in [0.15, 0.2) is 78.9 Å². The first kappa shape index (κ1) is 25.1. The number of aryl methyl sites for hydroxylation is 2. The Morgan fingerprint density at radius 3 is 2.58 bits per heavy atom. The highest BCUT2D eigenvalue weighted by Gasteiger charge is 2.22. The number of fused-ring (bicyclic) bond motifs is 2. The number of para-hydroxylation sites is 1. The molecule has 1 aromatic heterocycles. The number of aromatic nitrogens is 1. The van der Waals surface area contributed by atoms with Gasteiger partial charge in [0.1, 0.15) is 0 Å². The van der Waals surface area contributed by atoms with Crippen LogP contribution in [0.3, 0.4) is 0 Å². The Morgan fingerprint density at radius 2 is 1.71 bits per heavy atom. The highest BCUT2D eigenvalue weighted by atomic mass is 15.1. The van der Waals surface area contributed by atoms with Gasteiger partial charge in [-0.25, -0.2) is 0 Å². The van der Waals surface area contributed by atoms with E-state index in [2.05, 4.69) is 101 Å². The largest absolute Gasteiger partial charge is 0.355 e. The smallest absolute Gasteiger partial charge is 0.0726 e. The molecule has 2 N–H and O–H groups in total. The highest BCUT2D eigenvalue weighted by Crippen LogP contribution is 2.34. The molecule has 1 fully saturated rings. The monoisotopic (exact) mass is 504 g/mol. The highest BCUT2D eigenvalue weighted by molar-refractivity contribution is 5.93. The van der Waals surface area contributed by atoms with Crippen molar-refractivity contribution in [3.63, 3.8) is 0 Å². The van der Waals surface area contributed by atoms with Crippen LogP contribution in [0.4, 0.5) is 11.4 Å². The van der Waals surface area contributed by atoms with Crippen LogP contribution < -0.4 is 10.6 Å². The third-order valence-electron chi connectivity index (χ3n) is 8.48. The first-order chi connectivity index (χ1) is 18.7. The summed E-state index contributed by atoms with van der Waals surface area (Å²) in [5.41, 5.74) is 8.82. The molecule has 1 unspecified atom stereocenters. The van der Waals surface area contributed by atoms with Gasteiger partial charge < -0.3 is 15.5 Å². The average molecular weight is 505 g/mol. The molecule has 1 saturated heterocycles. The molecule has 38 heavy (non-hydrogen) atoms. The maximum atomic E-state index is 4.70. The first-order valence-corrected chi connectivity index (χ1v) is 14.5. The summed E-state index contributed by atoms with van der Waals surface area (Å²) in [6.07, 6.45) is 7.53. The predicted molar refractivity (Wildman–Crippen MR) is 159 cm³/mol. The SMILES string of the molecule is Cc1cc(Nc2ccc3c(c2)C(NCCN2CCC(Cc4ccccc4)CC2)CCC3)c2ccccc2n1. The zero-order chi connectivity index (χ0) is 25.7. The van der Waals surface area contributed by atoms with Gasteiger partial charge >= 0.3 is 0 Å². The number of pyridine rings is 1. The number of piperidine rings is 1. The maximum Gasteiger partial charge on any atom is 0.0726 e. The van der Waals surface area contributed by atoms with E-state index in [9.17, 15) is 0 Å². The van der Waals surface area contributed by atoms with E-state index in [4.69, 9.17) is 4.98 Å². The van der Waals surface area contributed by atoms with E-state index in [1.165, 1.54) is 68.3 Å². The number of likely N-dealkylation sites (tertiary alicyclic amines) is 1. The molecular weight excluding hydrogens is 464 g/mol. The Bertz CT molecular complexity index is 1360. The van der Waals surface area contributed by atoms with Crippen LogP contribution in [0.25, 0.3) is 10.9 Å². The minimum atomic E-state index is 0.437. The number of benzene rings is 3. The number of hydrogen-bond acceptors (Lipinski definition) is 4. The van der Waals surface area contributed by atoms with Crippen molar-refractivity contribution in [2.45, 2.75) is 51.5 Å². The van der Waals surface area contributed by atoms with Gasteiger partial charge in [0.25, 0.3) is 0 Å². The molecule has 1 aliphatic heterocycles. The molecule has 4 nitrogen and oxygen atoms in total. The van der Waals surface area contributed by atoms with Gasteiger partial charge in [0, 0.05) is 41.6 Å². The quantitative estimate of drug-likeness (QED) is 0.266. The topological polar surface area (TPSA) is 40.2 Å². The molecule has 196 valence electrons. The number of rotatable bonds is 8. The van der Waals surface area contributed by atoms with Gasteiger partial charge in [-0.1, -0.05) is 54.6 Å². The molecule has 0 bridgehead atoms. The second-order valence-electron chi connectivity index (χ2n) is 11.2. The van der Waals surface area contributed by atoms with Crippen molar-refractivity contribution >= 4 is 22.3 Å². The summed E-state index contributed by atoms with van der Waals surface area (Å²) < 4.78 is 0. The second kappa shape index (κ2) is 11.7. The summed E-state index contributed by atoms with van der Waals surface area (Å²) in [6.45, 7) is 6.72. The molecular formula is C34H40N4. The normalized spacial score (nSPS) is 18.4. The van der Waals surface area contributed by atoms with Crippen molar-refractivity contribution in [2.24, 2.45) is 5.92 Å². The van der Waals surface area contributed by atoms with Gasteiger partial charge in [-0.05, 0) is 105 Å². The van der Waals surface area contributed by atoms with Crippen LogP contribution in [0.2, 0.25) is 0 Å². The lowest BCUT2D eigenvalue weighted by atomic mass is 9.87. The number of hydrogen-bond donors (Lipinski definition) is 2. The van der Waals surface area contributed by atoms with Crippen molar-refractivity contribution in [1.29, 1.82) is 0 Å². The van der Waals surface area contributed by atoms with E-state index in [0.717, 1.165) is 47.0 Å². The van der Waals surface area contributed by atoms with Gasteiger partial charge in [0.2, 0.25) is 0 Å². The summed E-state index contributed by atoms with van der Waals surface area (Å²) >= 11 is 0. The Labute approximate surface area is 227 Å². The van der Waals surface area contributed by atoms with Crippen LogP contribution >= 0.6 is 0 Å². The summed E-state index contributed by atoms with van der Waals surface area (Å²) in [6, 6.07) is 28.9. The molecule has 2 aliphatic rings. The molecule has 0 spiro atoms. The Hall–Kier alpha value is -3.21. The van der Waals surface area contributed by atoms with E-state index in [-0.39, 0.29) is 0 Å². The zero-order valence-electron chi connectivity index (χ0n) is 22.6. The first-order valence-electron chi connectivity index (χ1n) is 14.5. The molecule has 0 radical (unpaired) electrons. The van der Waals surface area contributed by atoms with Crippen molar-refractivity contribution in [3.05, 3.63) is 101 Å². The molecule has 4 aromatic rings. The standard InChI is InChI=1S/C34H40N4/c1-25-22-34(30-11-5-6-12-33(30)36-25)37-29-15-14-28-10-7-13-32(31(28)24-29)35-18-21-38-19-16-27(17-20-38)23-26-8-3-2-4-9-26/h2-6,8-9,11-12,14-15,22,24,27,32,35H,7,10,13,16-21,23H2,1H3,(H,36,37). The summed E-state index contributed by atoms with van der Waals surface area (Å²) in [5, 5.41) is 8.80. The fourth-order valence-corrected chi connectivity index (χ4v) is 6.41. The predicted octanol–water partition coefficient (Wildman–Crippen LogP) is 7.21. The summed E-state index contributed by atoms with van der Waals surface area (Å²) in [7, 11) is 0. The second-order valence-corrected chi connectivity index (χ2v) is 11.2. The fourth-order valence-electron chi connectivity index (χ4n) is 6.41. The van der Waals surface area contributed by atoms with Crippen LogP contribution in [-0.2, 0) is 12.8 Å². The third-order valence-corrected chi connectivity index (χ3v) is 8.48. The summed E-state index contributed by atoms with van der Waals surface area (Å²) in [5.74, 6) is 0.832. The van der Waals surface area contributed by atoms with Gasteiger partial charge in [0.15, 0.2) is 0 Å². The summed E-state index contributed by atoms with van der Waals surface area (Å²) in [4.78, 5) is 7.36. The van der Waals surface area contributed by atoms with E-state index >= 15 is 0 Å². The van der Waals surface area contributed by atoms with Crippen molar-refractivity contribution in [1.82, 2.24) is 15.2 Å². The van der Waals surface area contributed by atoms with E-state index in [1.807, 2.05) is 0 Å². The molecule has 1 atom stereocenters. The molecule has 0 saturated carbocycles. The number of nitrogens with zero attached hydrogens (tertiary/aromatic N) is 2. The Kier molecular flexibility index (Phi) is 7.71. The van der Waals surface area contributed by atoms with Crippen molar-refractivity contribution in [2.75, 3.05) is 31.5 Å². The lowest BCUT2D eigenvalue weighted by Gasteiger charge is -2.33. The van der Waals surface area contributed by atoms with Crippen LogP contribution in [0.1, 0.15) is 54.1 Å². The van der Waals surface area contributed by atoms with Crippen molar-refractivity contribution < 1.29 is 0 Å². The Morgan fingerprint density at radius 1 is 0.895 bits per heavy atom. The van der Waals surface area contributed by atoms with Gasteiger partial charge in [-0.2, -0.15) is 0 Å². The zero-order valence-corrected chi connectivity index (χ0v) is 22.6. The third kappa shape index (κ3) is 5.92. The number of anilines is 2. The van der Waals surface area contributed by atoms with E-state index in [1.54, 1.807) is 0 Å². The minimum Gasteiger partial charge on any atom is -0.355 e. The van der Waals surface area contributed by atoms with Crippen LogP contribution in [0.5, 0.6) is 0 Å². The van der Waals surface area contributed by atoms with Crippen LogP contribution in [-0.4, -0.2) is 36.1 Å². The minimum absolute atomic E-state index is 0.437. The van der Waals surface area contributed by atoms with Crippen molar-refractivity contribution in [3.8, 4) is 0 Å². The molecule has 0 amide bonds. The van der Waals surface area contributed by atoms with Crippen LogP contribution in [0, 0.1) is 12.8 Å².